The lowest BCUT2D eigenvalue weighted by Gasteiger charge is -2.12. The van der Waals surface area contributed by atoms with Crippen molar-refractivity contribution in [2.45, 2.75) is 19.4 Å². The van der Waals surface area contributed by atoms with Gasteiger partial charge in [0.25, 0.3) is 0 Å². The van der Waals surface area contributed by atoms with Crippen LogP contribution in [0.1, 0.15) is 11.3 Å². The fourth-order valence-electron chi connectivity index (χ4n) is 3.04. The minimum Gasteiger partial charge on any atom is -0.497 e. The molecule has 0 fully saturated rings. The van der Waals surface area contributed by atoms with Crippen LogP contribution in [-0.4, -0.2) is 40.1 Å². The van der Waals surface area contributed by atoms with Crippen molar-refractivity contribution in [3.63, 3.8) is 0 Å². The molecular formula is C20H22N6OS. The Bertz CT molecular complexity index is 1070. The second kappa shape index (κ2) is 7.95. The van der Waals surface area contributed by atoms with Crippen LogP contribution in [0.2, 0.25) is 0 Å². The molecule has 0 aliphatic carbocycles. The number of hydrogen-bond acceptors (Lipinski definition) is 7. The average molecular weight is 395 g/mol. The van der Waals surface area contributed by atoms with Crippen LogP contribution < -0.4 is 15.8 Å². The Balaban J connectivity index is 1.37. The number of anilines is 1. The molecule has 2 aromatic carbocycles. The number of hydrogen-bond donors (Lipinski definition) is 3. The smallest absolute Gasteiger partial charge is 0.206 e. The number of nitrogens with one attached hydrogen (secondary N) is 2. The number of aromatic nitrogens is 4. The van der Waals surface area contributed by atoms with Crippen LogP contribution in [0.25, 0.3) is 21.5 Å². The van der Waals surface area contributed by atoms with Crippen LogP contribution in [-0.2, 0) is 6.42 Å². The van der Waals surface area contributed by atoms with Crippen molar-refractivity contribution in [2.24, 2.45) is 5.73 Å². The molecule has 7 nitrogen and oxygen atoms in total. The third-order valence-electron chi connectivity index (χ3n) is 4.59. The molecule has 2 heterocycles. The summed E-state index contributed by atoms with van der Waals surface area (Å²) in [6, 6.07) is 14.1. The Morgan fingerprint density at radius 2 is 2.00 bits per heavy atom. The number of benzene rings is 2. The number of methoxy groups -OCH3 is 1. The fourth-order valence-corrected chi connectivity index (χ4v) is 3.78. The highest BCUT2D eigenvalue weighted by atomic mass is 32.1. The van der Waals surface area contributed by atoms with Gasteiger partial charge in [0.05, 0.1) is 12.6 Å². The lowest BCUT2D eigenvalue weighted by Crippen LogP contribution is -2.31. The number of nitrogens with two attached hydrogens (primary N) is 1. The van der Waals surface area contributed by atoms with Crippen LogP contribution >= 0.6 is 11.3 Å². The van der Waals surface area contributed by atoms with Crippen molar-refractivity contribution in [3.8, 4) is 16.3 Å². The van der Waals surface area contributed by atoms with Gasteiger partial charge in [-0.1, -0.05) is 23.5 Å². The van der Waals surface area contributed by atoms with E-state index >= 15 is 0 Å². The van der Waals surface area contributed by atoms with E-state index in [4.69, 9.17) is 10.5 Å². The van der Waals surface area contributed by atoms with E-state index in [1.54, 1.807) is 7.11 Å². The Kier molecular flexibility index (Phi) is 5.23. The van der Waals surface area contributed by atoms with Gasteiger partial charge >= 0.3 is 0 Å². The molecule has 0 amide bonds. The summed E-state index contributed by atoms with van der Waals surface area (Å²) in [5.74, 6) is 0.848. The van der Waals surface area contributed by atoms with Crippen LogP contribution in [0.3, 0.4) is 0 Å². The molecular weight excluding hydrogens is 372 g/mol. The van der Waals surface area contributed by atoms with Crippen LogP contribution in [0, 0.1) is 6.92 Å². The number of aromatic amines is 1. The summed E-state index contributed by atoms with van der Waals surface area (Å²) < 4.78 is 5.18. The van der Waals surface area contributed by atoms with Gasteiger partial charge in [-0.2, -0.15) is 5.10 Å². The third kappa shape index (κ3) is 3.97. The summed E-state index contributed by atoms with van der Waals surface area (Å²) in [5, 5.41) is 21.9. The monoisotopic (exact) mass is 394 g/mol. The van der Waals surface area contributed by atoms with Crippen molar-refractivity contribution in [2.75, 3.05) is 19.0 Å². The molecule has 0 saturated carbocycles. The molecule has 8 heteroatoms. The molecule has 0 aliphatic heterocycles. The summed E-state index contributed by atoms with van der Waals surface area (Å²) in [6.45, 7) is 2.64. The Morgan fingerprint density at radius 3 is 2.79 bits per heavy atom. The first-order valence-electron chi connectivity index (χ1n) is 9.03. The normalized spacial score (nSPS) is 12.2. The van der Waals surface area contributed by atoms with Gasteiger partial charge in [0.2, 0.25) is 5.13 Å². The molecule has 0 bridgehead atoms. The molecule has 0 spiro atoms. The summed E-state index contributed by atoms with van der Waals surface area (Å²) in [7, 11) is 1.66. The standard InChI is InChI=1S/C20H22N6OS/c1-12-17-10-14(5-8-18(17)24-23-12)19-25-26-20(28-19)22-11-15(21)9-13-3-6-16(27-2)7-4-13/h3-8,10,15H,9,11,21H2,1-2H3,(H,22,26)(H,23,24)/t15-/m0/s1. The lowest BCUT2D eigenvalue weighted by molar-refractivity contribution is 0.414. The first kappa shape index (κ1) is 18.4. The van der Waals surface area contributed by atoms with Gasteiger partial charge in [0.1, 0.15) is 10.8 Å². The van der Waals surface area contributed by atoms with E-state index < -0.39 is 0 Å². The highest BCUT2D eigenvalue weighted by Gasteiger charge is 2.11. The first-order chi connectivity index (χ1) is 13.6. The van der Waals surface area contributed by atoms with Crippen LogP contribution in [0.15, 0.2) is 42.5 Å². The SMILES string of the molecule is COc1ccc(C[C@H](N)CNc2nnc(-c3ccc4n[nH]c(C)c4c3)s2)cc1. The number of fused-ring (bicyclic) bond motifs is 1. The van der Waals surface area contributed by atoms with Gasteiger partial charge in [-0.25, -0.2) is 0 Å². The van der Waals surface area contributed by atoms with E-state index in [1.807, 2.05) is 43.3 Å². The first-order valence-corrected chi connectivity index (χ1v) is 9.85. The molecule has 4 aromatic rings. The van der Waals surface area contributed by atoms with Gasteiger partial charge in [0, 0.05) is 29.2 Å². The zero-order valence-corrected chi connectivity index (χ0v) is 16.6. The molecule has 1 atom stereocenters. The van der Waals surface area contributed by atoms with E-state index in [-0.39, 0.29) is 6.04 Å². The van der Waals surface area contributed by atoms with Crippen molar-refractivity contribution < 1.29 is 4.74 Å². The van der Waals surface area contributed by atoms with Gasteiger partial charge in [0.15, 0.2) is 0 Å². The second-order valence-corrected chi connectivity index (χ2v) is 7.66. The fraction of sp³-hybridized carbons (Fsp3) is 0.250. The number of nitrogens with zero attached hydrogens (tertiary/aromatic N) is 3. The molecule has 4 N–H and O–H groups in total. The maximum absolute atomic E-state index is 6.26. The van der Waals surface area contributed by atoms with Crippen molar-refractivity contribution in [1.82, 2.24) is 20.4 Å². The Morgan fingerprint density at radius 1 is 1.18 bits per heavy atom. The predicted molar refractivity (Wildman–Crippen MR) is 113 cm³/mol. The molecule has 0 aliphatic rings. The van der Waals surface area contributed by atoms with Gasteiger partial charge in [-0.05, 0) is 49.2 Å². The van der Waals surface area contributed by atoms with Gasteiger partial charge in [-0.15, -0.1) is 10.2 Å². The molecule has 0 radical (unpaired) electrons. The Labute approximate surface area is 167 Å². The zero-order chi connectivity index (χ0) is 19.5. The van der Waals surface area contributed by atoms with E-state index in [0.717, 1.165) is 44.5 Å². The largest absolute Gasteiger partial charge is 0.497 e. The molecule has 2 aromatic heterocycles. The maximum Gasteiger partial charge on any atom is 0.206 e. The van der Waals surface area contributed by atoms with Crippen LogP contribution in [0.4, 0.5) is 5.13 Å². The van der Waals surface area contributed by atoms with E-state index in [1.165, 1.54) is 16.9 Å². The number of rotatable bonds is 7. The van der Waals surface area contributed by atoms with Gasteiger partial charge in [-0.3, -0.25) is 5.10 Å². The minimum absolute atomic E-state index is 0.0225. The zero-order valence-electron chi connectivity index (χ0n) is 15.8. The number of aryl methyl sites for hydroxylation is 1. The van der Waals surface area contributed by atoms with E-state index in [0.29, 0.717) is 6.54 Å². The summed E-state index contributed by atoms with van der Waals surface area (Å²) in [5.41, 5.74) is 10.5. The molecule has 144 valence electrons. The van der Waals surface area contributed by atoms with Crippen molar-refractivity contribution >= 4 is 27.4 Å². The lowest BCUT2D eigenvalue weighted by atomic mass is 10.1. The second-order valence-electron chi connectivity index (χ2n) is 6.69. The highest BCUT2D eigenvalue weighted by molar-refractivity contribution is 7.18. The summed E-state index contributed by atoms with van der Waals surface area (Å²) >= 11 is 1.52. The third-order valence-corrected chi connectivity index (χ3v) is 5.52. The van der Waals surface area contributed by atoms with Crippen molar-refractivity contribution in [3.05, 3.63) is 53.7 Å². The molecule has 28 heavy (non-hydrogen) atoms. The van der Waals surface area contributed by atoms with Gasteiger partial charge < -0.3 is 15.8 Å². The molecule has 4 rings (SSSR count). The average Bonchev–Trinajstić information content (AvgIpc) is 3.34. The highest BCUT2D eigenvalue weighted by Crippen LogP contribution is 2.29. The van der Waals surface area contributed by atoms with Crippen LogP contribution in [0.5, 0.6) is 5.75 Å². The molecule has 0 unspecified atom stereocenters. The predicted octanol–water partition coefficient (Wildman–Crippen LogP) is 3.38. The maximum atomic E-state index is 6.26. The number of ether oxygens (including phenoxy) is 1. The summed E-state index contributed by atoms with van der Waals surface area (Å²) in [6.07, 6.45) is 0.777. The minimum atomic E-state index is -0.0225. The van der Waals surface area contributed by atoms with Crippen molar-refractivity contribution in [1.29, 1.82) is 0 Å². The number of H-pyrrole nitrogens is 1. The van der Waals surface area contributed by atoms with E-state index in [2.05, 4.69) is 31.8 Å². The van der Waals surface area contributed by atoms with E-state index in [9.17, 15) is 0 Å². The topological polar surface area (TPSA) is 102 Å². The summed E-state index contributed by atoms with van der Waals surface area (Å²) in [4.78, 5) is 0. The quantitative estimate of drug-likeness (QED) is 0.444. The Hall–Kier alpha value is -2.97. The molecule has 0 saturated heterocycles.